The molecule has 6 aromatic carbocycles. The van der Waals surface area contributed by atoms with Crippen LogP contribution in [0.4, 0.5) is 75.4 Å². The number of benzene rings is 6. The molecule has 0 atom stereocenters. The number of alkyl halides is 12. The number of aromatic carboxylic acids is 2. The number of piperidine rings is 4. The summed E-state index contributed by atoms with van der Waals surface area (Å²) in [7, 11) is 3.15. The number of methoxy groups -OCH3 is 2. The molecule has 120 heavy (non-hydrogen) atoms. The van der Waals surface area contributed by atoms with E-state index in [1.54, 1.807) is 33.3 Å². The molecular weight excluding hydrogens is 1710 g/mol. The highest BCUT2D eigenvalue weighted by atomic mass is 35.5. The number of ether oxygens (including phenoxy) is 10. The molecule has 7 heterocycles. The molecule has 45 heteroatoms. The van der Waals surface area contributed by atoms with Crippen molar-refractivity contribution in [3.63, 3.8) is 0 Å². The zero-order valence-corrected chi connectivity index (χ0v) is 66.4. The Hall–Kier alpha value is -11.2. The molecule has 0 radical (unpaired) electrons. The molecule has 0 amide bonds. The van der Waals surface area contributed by atoms with E-state index in [4.69, 9.17) is 79.9 Å². The highest BCUT2D eigenvalue weighted by molar-refractivity contribution is 6.33. The molecule has 4 saturated heterocycles. The minimum absolute atomic E-state index is 0.00479. The molecule has 4 aliphatic heterocycles. The Kier molecular flexibility index (Phi) is 30.9. The van der Waals surface area contributed by atoms with Crippen molar-refractivity contribution in [3.05, 3.63) is 170 Å². The highest BCUT2D eigenvalue weighted by Gasteiger charge is 2.38. The van der Waals surface area contributed by atoms with E-state index >= 15 is 0 Å². The van der Waals surface area contributed by atoms with E-state index in [0.29, 0.717) is 139 Å². The van der Waals surface area contributed by atoms with Crippen LogP contribution >= 0.6 is 46.4 Å². The number of carboxylic acids is 2. The van der Waals surface area contributed by atoms with E-state index in [1.807, 2.05) is 56.0 Å². The molecule has 0 spiro atoms. The summed E-state index contributed by atoms with van der Waals surface area (Å²) in [4.78, 5) is 43.0. The molecule has 3 aromatic heterocycles. The summed E-state index contributed by atoms with van der Waals surface area (Å²) in [5.74, 6) is -3.27. The van der Waals surface area contributed by atoms with Gasteiger partial charge in [0.05, 0.1) is 60.1 Å². The van der Waals surface area contributed by atoms with Gasteiger partial charge in [0.1, 0.15) is 52.8 Å². The third-order valence-corrected chi connectivity index (χ3v) is 19.6. The van der Waals surface area contributed by atoms with E-state index in [1.165, 1.54) is 82.2 Å². The fourth-order valence-electron chi connectivity index (χ4n) is 12.6. The molecule has 0 bridgehead atoms. The molecule has 9 aromatic rings. The maximum absolute atomic E-state index is 12.5. The van der Waals surface area contributed by atoms with Crippen molar-refractivity contribution in [2.75, 3.05) is 92.8 Å². The lowest BCUT2D eigenvalue weighted by molar-refractivity contribution is -0.275. The van der Waals surface area contributed by atoms with Gasteiger partial charge >= 0.3 is 43.4 Å². The third-order valence-electron chi connectivity index (χ3n) is 18.4. The van der Waals surface area contributed by atoms with Crippen LogP contribution in [-0.2, 0) is 17.8 Å². The number of carbonyl (C=O) groups is 3. The maximum Gasteiger partial charge on any atom is 0.573 e. The Balaban J connectivity index is 0.000000173. The van der Waals surface area contributed by atoms with Crippen molar-refractivity contribution in [1.29, 1.82) is 0 Å². The first-order chi connectivity index (χ1) is 56.9. The fourth-order valence-corrected chi connectivity index (χ4v) is 13.5. The first kappa shape index (κ1) is 91.1. The summed E-state index contributed by atoms with van der Waals surface area (Å²) >= 11 is 23.6. The number of aromatic amines is 1. The summed E-state index contributed by atoms with van der Waals surface area (Å²) in [6.45, 7) is 6.96. The van der Waals surface area contributed by atoms with Gasteiger partial charge in [0, 0.05) is 114 Å². The Bertz CT molecular complexity index is 4890. The van der Waals surface area contributed by atoms with Crippen LogP contribution in [0.15, 0.2) is 121 Å². The van der Waals surface area contributed by atoms with E-state index in [0.717, 1.165) is 16.8 Å². The summed E-state index contributed by atoms with van der Waals surface area (Å²) in [5, 5.41) is 52.6. The topological polar surface area (TPSA) is 320 Å². The molecular formula is C75H75Cl4F12N13O16. The average molecular weight is 1780 g/mol. The first-order valence-electron chi connectivity index (χ1n) is 36.4. The van der Waals surface area contributed by atoms with Gasteiger partial charge in [-0.2, -0.15) is 0 Å². The smallest absolute Gasteiger partial charge is 0.497 e. The van der Waals surface area contributed by atoms with Crippen molar-refractivity contribution >= 4 is 87.1 Å². The molecule has 0 saturated carbocycles. The average Bonchev–Trinajstić information content (AvgIpc) is 1.66. The third kappa shape index (κ3) is 26.7. The molecule has 4 fully saturated rings. The lowest BCUT2D eigenvalue weighted by atomic mass is 10.1. The molecule has 4 N–H and O–H groups in total. The summed E-state index contributed by atoms with van der Waals surface area (Å²) in [6, 6.07) is 31.2. The number of esters is 1. The number of nitrogens with one attached hydrogen (secondary N) is 1. The number of carboxylic acid groups (broad SMARTS) is 2. The number of H-pyrrole nitrogens is 1. The summed E-state index contributed by atoms with van der Waals surface area (Å²) < 4.78 is 200. The van der Waals surface area contributed by atoms with Gasteiger partial charge in [-0.25, -0.2) is 28.8 Å². The molecule has 4 aliphatic rings. The van der Waals surface area contributed by atoms with Crippen LogP contribution < -0.4 is 62.2 Å². The Labute approximate surface area is 694 Å². The number of aliphatic hydroxyl groups excluding tert-OH is 1. The Morgan fingerprint density at radius 1 is 0.442 bits per heavy atom. The summed E-state index contributed by atoms with van der Waals surface area (Å²) in [6.07, 6.45) is -15.7. The zero-order valence-electron chi connectivity index (χ0n) is 63.4. The van der Waals surface area contributed by atoms with Crippen molar-refractivity contribution in [1.82, 2.24) is 45.4 Å². The zero-order chi connectivity index (χ0) is 86.8. The van der Waals surface area contributed by atoms with Gasteiger partial charge in [-0.3, -0.25) is 0 Å². The second kappa shape index (κ2) is 40.7. The number of nitrogens with zero attached hydrogens (tertiary/aromatic N) is 12. The fraction of sp³-hybridized carbons (Fsp3) is 0.400. The van der Waals surface area contributed by atoms with Gasteiger partial charge in [0.2, 0.25) is 28.8 Å². The van der Waals surface area contributed by atoms with E-state index < -0.39 is 66.4 Å². The van der Waals surface area contributed by atoms with Crippen molar-refractivity contribution in [3.8, 4) is 52.1 Å². The SMILES string of the molecule is CCOC(=O)c1nnn(Cc2ccc(OC)cc2)c1OC1CCN(c2ccc(OC(F)(F)F)c(Cl)c2)CC1.COc1ccc(Cn2nnc(C(=O)O)c2OC2CCN(c3ccc(OC(F)(F)F)c(Cl)c3)CC2)cc1.O=C(O)c1[nH]nnc1OC1CCN(c2ccc(OC(F)(F)F)c(Cl)c2)CC1.OC1CCN(c2ccc(OC(F)(F)F)c(Cl)c2)CC1. The minimum atomic E-state index is -4.83. The van der Waals surface area contributed by atoms with Crippen molar-refractivity contribution < 1.29 is 130 Å². The number of hydrogen-bond acceptors (Lipinski definition) is 24. The maximum atomic E-state index is 12.5. The molecule has 0 aliphatic carbocycles. The van der Waals surface area contributed by atoms with Crippen LogP contribution in [0.5, 0.6) is 52.1 Å². The second-order valence-electron chi connectivity index (χ2n) is 26.6. The highest BCUT2D eigenvalue weighted by Crippen LogP contribution is 2.40. The second-order valence-corrected chi connectivity index (χ2v) is 28.2. The van der Waals surface area contributed by atoms with Crippen LogP contribution in [-0.4, -0.2) is 202 Å². The van der Waals surface area contributed by atoms with Crippen LogP contribution in [0.1, 0.15) is 101 Å². The normalized spacial score (nSPS) is 15.2. The van der Waals surface area contributed by atoms with Crippen molar-refractivity contribution in [2.45, 2.75) is 121 Å². The van der Waals surface area contributed by atoms with Crippen LogP contribution in [0.3, 0.4) is 0 Å². The van der Waals surface area contributed by atoms with Crippen LogP contribution in [0.25, 0.3) is 0 Å². The predicted molar refractivity (Wildman–Crippen MR) is 408 cm³/mol. The number of hydrogen-bond donors (Lipinski definition) is 4. The number of aliphatic hydroxyl groups is 1. The van der Waals surface area contributed by atoms with Gasteiger partial charge in [-0.1, -0.05) is 91.4 Å². The number of aromatic nitrogens is 9. The van der Waals surface area contributed by atoms with Gasteiger partial charge in [0.25, 0.3) is 5.88 Å². The van der Waals surface area contributed by atoms with E-state index in [-0.39, 0.29) is 92.4 Å². The van der Waals surface area contributed by atoms with Gasteiger partial charge in [0.15, 0.2) is 0 Å². The van der Waals surface area contributed by atoms with Crippen molar-refractivity contribution in [2.24, 2.45) is 0 Å². The number of halogens is 16. The van der Waals surface area contributed by atoms with Crippen LogP contribution in [0, 0.1) is 0 Å². The van der Waals surface area contributed by atoms with E-state index in [9.17, 15) is 77.3 Å². The Morgan fingerprint density at radius 2 is 0.758 bits per heavy atom. The minimum Gasteiger partial charge on any atom is -0.497 e. The summed E-state index contributed by atoms with van der Waals surface area (Å²) in [5.41, 5.74) is 3.95. The van der Waals surface area contributed by atoms with Gasteiger partial charge < -0.3 is 82.3 Å². The van der Waals surface area contributed by atoms with Gasteiger partial charge in [-0.05, 0) is 128 Å². The first-order valence-corrected chi connectivity index (χ1v) is 37.9. The molecule has 29 nitrogen and oxygen atoms in total. The number of anilines is 4. The number of carbonyl (C=O) groups excluding carboxylic acids is 1. The lowest BCUT2D eigenvalue weighted by Gasteiger charge is -2.34. The predicted octanol–water partition coefficient (Wildman–Crippen LogP) is 16.0. The number of rotatable bonds is 24. The van der Waals surface area contributed by atoms with Gasteiger partial charge in [-0.15, -0.1) is 62.9 Å². The quantitative estimate of drug-likeness (QED) is 0.0322. The van der Waals surface area contributed by atoms with Crippen LogP contribution in [0.2, 0.25) is 20.1 Å². The van der Waals surface area contributed by atoms with E-state index in [2.05, 4.69) is 55.0 Å². The lowest BCUT2D eigenvalue weighted by Crippen LogP contribution is -2.38. The largest absolute Gasteiger partial charge is 0.573 e. The molecule has 648 valence electrons. The monoisotopic (exact) mass is 1780 g/mol. The Morgan fingerprint density at radius 3 is 1.06 bits per heavy atom. The standard InChI is InChI=1S/C25H26ClF3N4O5.C23H22ClF3N4O5.C15H14ClF3N4O4.C12H13ClF3NO2/c1-3-36-24(34)22-23(33(31-30-22)15-16-4-7-18(35-2)8-5-16)37-19-10-12-32(13-11-19)17-6-9-21(20(26)14-17)38-25(27,28)29;1-34-16-5-2-14(3-6-16)13-31-21(20(22(32)33)28-29-31)35-17-8-10-30(11-9-17)15-4-7-19(18(24)12-15)36-23(25,26)27;16-10-7-8(1-2-11(10)27-15(17,18)19)23-5-3-9(4-6-23)26-13-12(14(24)25)20-22-21-13;13-10-7-8(17-5-3-9(18)4-6-17)1-2-11(10)19-12(14,15)16/h4-9,14,19H,3,10-13,15H2,1-2H3;2-7,12,17H,8-11,13H2,1H3,(H,32,33);1-2,7,9H,3-6H2,(H,24,25)(H,20,21,22);1-2,7,9,18H,3-6H2. The molecule has 0 unspecified atom stereocenters. The molecule has 13 rings (SSSR count).